The fraction of sp³-hybridized carbons (Fsp3) is 0.167. The summed E-state index contributed by atoms with van der Waals surface area (Å²) in [4.78, 5) is 8.66. The molecule has 2 aromatic rings. The molecule has 3 nitrogen and oxygen atoms in total. The van der Waals surface area contributed by atoms with Crippen LogP contribution in [0.25, 0.3) is 11.3 Å². The van der Waals surface area contributed by atoms with Crippen LogP contribution >= 0.6 is 23.2 Å². The summed E-state index contributed by atoms with van der Waals surface area (Å²) in [7, 11) is 0. The lowest BCUT2D eigenvalue weighted by Crippen LogP contribution is -2.02. The summed E-state index contributed by atoms with van der Waals surface area (Å²) in [6.07, 6.45) is 0. The molecule has 0 fully saturated rings. The first-order valence-electron chi connectivity index (χ1n) is 5.05. The van der Waals surface area contributed by atoms with E-state index in [4.69, 9.17) is 28.9 Å². The van der Waals surface area contributed by atoms with Crippen LogP contribution in [0, 0.1) is 13.8 Å². The Kier molecular flexibility index (Phi) is 3.22. The maximum Gasteiger partial charge on any atom is 0.150 e. The van der Waals surface area contributed by atoms with Gasteiger partial charge in [-0.3, -0.25) is 0 Å². The largest absolute Gasteiger partial charge is 0.382 e. The molecule has 1 aromatic heterocycles. The van der Waals surface area contributed by atoms with E-state index >= 15 is 0 Å². The van der Waals surface area contributed by atoms with Crippen molar-refractivity contribution >= 4 is 29.0 Å². The molecule has 0 bridgehead atoms. The molecule has 1 heterocycles. The Labute approximate surface area is 110 Å². The number of aromatic nitrogens is 2. The van der Waals surface area contributed by atoms with Gasteiger partial charge in [0.15, 0.2) is 0 Å². The van der Waals surface area contributed by atoms with E-state index in [1.165, 1.54) is 0 Å². The summed E-state index contributed by atoms with van der Waals surface area (Å²) in [5.41, 5.74) is 8.98. The van der Waals surface area contributed by atoms with Crippen LogP contribution in [0.3, 0.4) is 0 Å². The van der Waals surface area contributed by atoms with E-state index in [0.717, 1.165) is 17.0 Å². The molecule has 0 radical (unpaired) electrons. The molecule has 1 aromatic carbocycles. The summed E-state index contributed by atoms with van der Waals surface area (Å²) in [6, 6.07) is 5.28. The zero-order chi connectivity index (χ0) is 12.6. The lowest BCUT2D eigenvalue weighted by Gasteiger charge is -2.08. The summed E-state index contributed by atoms with van der Waals surface area (Å²) in [5.74, 6) is 0.395. The first-order valence-corrected chi connectivity index (χ1v) is 5.81. The van der Waals surface area contributed by atoms with Gasteiger partial charge in [0, 0.05) is 5.56 Å². The van der Waals surface area contributed by atoms with Crippen LogP contribution in [0.4, 0.5) is 5.82 Å². The van der Waals surface area contributed by atoms with E-state index in [1.54, 1.807) is 12.1 Å². The summed E-state index contributed by atoms with van der Waals surface area (Å²) in [6.45, 7) is 3.76. The minimum atomic E-state index is 0.395. The van der Waals surface area contributed by atoms with Crippen molar-refractivity contribution in [3.63, 3.8) is 0 Å². The van der Waals surface area contributed by atoms with Crippen molar-refractivity contribution in [3.8, 4) is 11.3 Å². The van der Waals surface area contributed by atoms with Gasteiger partial charge in [0.25, 0.3) is 0 Å². The van der Waals surface area contributed by atoms with E-state index in [9.17, 15) is 0 Å². The third-order valence-corrected chi connectivity index (χ3v) is 3.27. The highest BCUT2D eigenvalue weighted by atomic mass is 35.5. The molecule has 5 heteroatoms. The number of benzene rings is 1. The van der Waals surface area contributed by atoms with Crippen molar-refractivity contribution in [1.82, 2.24) is 9.97 Å². The van der Waals surface area contributed by atoms with Crippen LogP contribution in [-0.2, 0) is 0 Å². The normalized spacial score (nSPS) is 10.6. The molecule has 0 aliphatic rings. The fourth-order valence-corrected chi connectivity index (χ4v) is 1.77. The van der Waals surface area contributed by atoms with Crippen LogP contribution < -0.4 is 5.73 Å². The highest BCUT2D eigenvalue weighted by molar-refractivity contribution is 6.42. The second kappa shape index (κ2) is 4.51. The van der Waals surface area contributed by atoms with Crippen molar-refractivity contribution in [2.45, 2.75) is 13.8 Å². The molecule has 0 aliphatic carbocycles. The van der Waals surface area contributed by atoms with Gasteiger partial charge >= 0.3 is 0 Å². The number of nitrogens with zero attached hydrogens (tertiary/aromatic N) is 2. The van der Waals surface area contributed by atoms with E-state index in [1.807, 2.05) is 19.9 Å². The van der Waals surface area contributed by atoms with Crippen LogP contribution in [0.5, 0.6) is 0 Å². The summed E-state index contributed by atoms with van der Waals surface area (Å²) in [5, 5.41) is 0.981. The third-order valence-electron chi connectivity index (χ3n) is 2.53. The van der Waals surface area contributed by atoms with Crippen LogP contribution in [0.1, 0.15) is 11.4 Å². The molecule has 0 saturated carbocycles. The molecule has 0 amide bonds. The van der Waals surface area contributed by atoms with Gasteiger partial charge in [-0.2, -0.15) is 0 Å². The summed E-state index contributed by atoms with van der Waals surface area (Å²) >= 11 is 11.8. The molecule has 0 atom stereocenters. The minimum absolute atomic E-state index is 0.395. The van der Waals surface area contributed by atoms with E-state index in [2.05, 4.69) is 9.97 Å². The number of rotatable bonds is 1. The van der Waals surface area contributed by atoms with Crippen LogP contribution in [0.15, 0.2) is 18.2 Å². The molecular formula is C12H11Cl2N3. The number of hydrogen-bond donors (Lipinski definition) is 1. The minimum Gasteiger partial charge on any atom is -0.382 e. The number of anilines is 1. The average Bonchev–Trinajstić information content (AvgIpc) is 2.27. The molecule has 0 saturated heterocycles. The van der Waals surface area contributed by atoms with Gasteiger partial charge in [0.2, 0.25) is 0 Å². The standard InChI is InChI=1S/C12H11Cl2N3/c1-6-7(2)17-12(15)11(16-6)8-3-4-9(13)10(14)5-8/h3-5H,1-2H3,(H2,15,17). The second-order valence-corrected chi connectivity index (χ2v) is 4.57. The van der Waals surface area contributed by atoms with Gasteiger partial charge in [-0.05, 0) is 26.0 Å². The molecular weight excluding hydrogens is 257 g/mol. The Morgan fingerprint density at radius 1 is 1.00 bits per heavy atom. The van der Waals surface area contributed by atoms with Gasteiger partial charge in [-0.15, -0.1) is 0 Å². The molecule has 88 valence electrons. The maximum atomic E-state index is 5.97. The molecule has 0 aliphatic heterocycles. The SMILES string of the molecule is Cc1nc(N)c(-c2ccc(Cl)c(Cl)c2)nc1C. The zero-order valence-electron chi connectivity index (χ0n) is 9.46. The van der Waals surface area contributed by atoms with Crippen molar-refractivity contribution in [1.29, 1.82) is 0 Å². The Hall–Kier alpha value is -1.32. The highest BCUT2D eigenvalue weighted by Gasteiger charge is 2.10. The van der Waals surface area contributed by atoms with Gasteiger partial charge in [0.05, 0.1) is 21.4 Å². The lowest BCUT2D eigenvalue weighted by molar-refractivity contribution is 1.06. The number of aryl methyl sites for hydroxylation is 2. The van der Waals surface area contributed by atoms with Crippen molar-refractivity contribution < 1.29 is 0 Å². The van der Waals surface area contributed by atoms with E-state index in [0.29, 0.717) is 21.6 Å². The molecule has 2 rings (SSSR count). The van der Waals surface area contributed by atoms with E-state index < -0.39 is 0 Å². The van der Waals surface area contributed by atoms with Crippen LogP contribution in [0.2, 0.25) is 10.0 Å². The Balaban J connectivity index is 2.60. The second-order valence-electron chi connectivity index (χ2n) is 3.76. The number of nitrogen functional groups attached to an aromatic ring is 1. The van der Waals surface area contributed by atoms with Gasteiger partial charge in [-0.1, -0.05) is 29.3 Å². The first kappa shape index (κ1) is 12.1. The number of hydrogen-bond acceptors (Lipinski definition) is 3. The number of halogens is 2. The van der Waals surface area contributed by atoms with Crippen molar-refractivity contribution in [3.05, 3.63) is 39.6 Å². The predicted molar refractivity (Wildman–Crippen MR) is 71.4 cm³/mol. The lowest BCUT2D eigenvalue weighted by atomic mass is 10.1. The van der Waals surface area contributed by atoms with Crippen LogP contribution in [-0.4, -0.2) is 9.97 Å². The Bertz CT molecular complexity index is 582. The molecule has 0 spiro atoms. The molecule has 2 N–H and O–H groups in total. The maximum absolute atomic E-state index is 5.97. The third kappa shape index (κ3) is 2.35. The Morgan fingerprint density at radius 2 is 1.65 bits per heavy atom. The smallest absolute Gasteiger partial charge is 0.150 e. The fourth-order valence-electron chi connectivity index (χ4n) is 1.48. The monoisotopic (exact) mass is 267 g/mol. The quantitative estimate of drug-likeness (QED) is 0.858. The summed E-state index contributed by atoms with van der Waals surface area (Å²) < 4.78 is 0. The van der Waals surface area contributed by atoms with Crippen molar-refractivity contribution in [2.24, 2.45) is 0 Å². The Morgan fingerprint density at radius 3 is 2.29 bits per heavy atom. The topological polar surface area (TPSA) is 51.8 Å². The predicted octanol–water partition coefficient (Wildman–Crippen LogP) is 3.65. The van der Waals surface area contributed by atoms with E-state index in [-0.39, 0.29) is 0 Å². The molecule has 17 heavy (non-hydrogen) atoms. The van der Waals surface area contributed by atoms with Gasteiger partial charge in [-0.25, -0.2) is 9.97 Å². The van der Waals surface area contributed by atoms with Gasteiger partial charge in [0.1, 0.15) is 11.5 Å². The highest BCUT2D eigenvalue weighted by Crippen LogP contribution is 2.30. The average molecular weight is 268 g/mol. The number of nitrogens with two attached hydrogens (primary N) is 1. The first-order chi connectivity index (χ1) is 7.99. The zero-order valence-corrected chi connectivity index (χ0v) is 11.0. The van der Waals surface area contributed by atoms with Gasteiger partial charge < -0.3 is 5.73 Å². The molecule has 0 unspecified atom stereocenters. The van der Waals surface area contributed by atoms with Crippen molar-refractivity contribution in [2.75, 3.05) is 5.73 Å².